The topological polar surface area (TPSA) is 12.0 Å². The van der Waals surface area contributed by atoms with Crippen LogP contribution in [0.1, 0.15) is 30.5 Å². The van der Waals surface area contributed by atoms with E-state index >= 15 is 0 Å². The predicted octanol–water partition coefficient (Wildman–Crippen LogP) is 3.11. The number of hydrogen-bond donors (Lipinski definition) is 1. The van der Waals surface area contributed by atoms with Crippen molar-refractivity contribution < 1.29 is 4.39 Å². The fraction of sp³-hybridized carbons (Fsp3) is 0.385. The number of aryl methyl sites for hydroxylation is 1. The van der Waals surface area contributed by atoms with Gasteiger partial charge in [0.15, 0.2) is 0 Å². The molecule has 0 saturated heterocycles. The molecule has 15 heavy (non-hydrogen) atoms. The molecule has 0 aliphatic heterocycles. The van der Waals surface area contributed by atoms with E-state index in [1.165, 1.54) is 22.8 Å². The van der Waals surface area contributed by atoms with Crippen molar-refractivity contribution >= 4 is 0 Å². The minimum Gasteiger partial charge on any atom is -0.310 e. The van der Waals surface area contributed by atoms with Crippen LogP contribution >= 0.6 is 0 Å². The van der Waals surface area contributed by atoms with Crippen molar-refractivity contribution in [3.05, 3.63) is 46.3 Å². The molecule has 0 spiro atoms. The second-order valence-electron chi connectivity index (χ2n) is 4.20. The molecule has 1 aliphatic carbocycles. The molecule has 1 aromatic rings. The number of hydrogen-bond acceptors (Lipinski definition) is 1. The first-order valence-corrected chi connectivity index (χ1v) is 5.25. The first-order chi connectivity index (χ1) is 7.13. The monoisotopic (exact) mass is 205 g/mol. The van der Waals surface area contributed by atoms with Crippen LogP contribution in [0.25, 0.3) is 0 Å². The molecule has 0 fully saturated rings. The predicted molar refractivity (Wildman–Crippen MR) is 60.3 cm³/mol. The Labute approximate surface area is 90.0 Å². The molecule has 1 aromatic carbocycles. The maximum atomic E-state index is 13.0. The summed E-state index contributed by atoms with van der Waals surface area (Å²) in [4.78, 5) is 0. The van der Waals surface area contributed by atoms with E-state index in [2.05, 4.69) is 12.2 Å². The van der Waals surface area contributed by atoms with Crippen LogP contribution in [0.15, 0.2) is 29.3 Å². The largest absolute Gasteiger partial charge is 0.310 e. The van der Waals surface area contributed by atoms with E-state index in [9.17, 15) is 4.39 Å². The summed E-state index contributed by atoms with van der Waals surface area (Å²) in [7, 11) is 1.95. The Hall–Kier alpha value is -1.15. The standard InChI is InChI=1S/C13H16FN/c1-8-6-10(14)4-5-11(8)13(15-3)12-7-9(12)2/h4-6,13,15H,7H2,1-3H3. The van der Waals surface area contributed by atoms with Crippen LogP contribution in [-0.2, 0) is 0 Å². The second-order valence-corrected chi connectivity index (χ2v) is 4.20. The molecule has 1 nitrogen and oxygen atoms in total. The Kier molecular flexibility index (Phi) is 2.61. The van der Waals surface area contributed by atoms with Gasteiger partial charge in [-0.1, -0.05) is 11.6 Å². The third-order valence-corrected chi connectivity index (χ3v) is 3.06. The number of rotatable bonds is 3. The Balaban J connectivity index is 2.35. The normalized spacial score (nSPS) is 16.8. The minimum atomic E-state index is -0.160. The van der Waals surface area contributed by atoms with E-state index in [0.717, 1.165) is 12.0 Å². The molecule has 0 saturated carbocycles. The first kappa shape index (κ1) is 10.4. The van der Waals surface area contributed by atoms with Gasteiger partial charge in [-0.25, -0.2) is 4.39 Å². The highest BCUT2D eigenvalue weighted by Gasteiger charge is 2.26. The smallest absolute Gasteiger partial charge is 0.123 e. The quantitative estimate of drug-likeness (QED) is 0.748. The number of benzene rings is 1. The van der Waals surface area contributed by atoms with Gasteiger partial charge < -0.3 is 5.32 Å². The van der Waals surface area contributed by atoms with Gasteiger partial charge >= 0.3 is 0 Å². The summed E-state index contributed by atoms with van der Waals surface area (Å²) in [6.45, 7) is 4.11. The molecule has 2 rings (SSSR count). The van der Waals surface area contributed by atoms with E-state index in [-0.39, 0.29) is 11.9 Å². The Morgan fingerprint density at radius 1 is 1.33 bits per heavy atom. The van der Waals surface area contributed by atoms with Gasteiger partial charge in [-0.3, -0.25) is 0 Å². The van der Waals surface area contributed by atoms with Gasteiger partial charge in [-0.05, 0) is 56.1 Å². The molecule has 0 bridgehead atoms. The summed E-state index contributed by atoms with van der Waals surface area (Å²) in [5, 5.41) is 3.29. The summed E-state index contributed by atoms with van der Waals surface area (Å²) in [6.07, 6.45) is 1.11. The van der Waals surface area contributed by atoms with Crippen molar-refractivity contribution in [2.75, 3.05) is 7.05 Å². The van der Waals surface area contributed by atoms with Gasteiger partial charge in [-0.2, -0.15) is 0 Å². The molecule has 0 amide bonds. The Morgan fingerprint density at radius 3 is 2.47 bits per heavy atom. The average molecular weight is 205 g/mol. The average Bonchev–Trinajstić information content (AvgIpc) is 2.88. The van der Waals surface area contributed by atoms with E-state index in [4.69, 9.17) is 0 Å². The molecule has 0 radical (unpaired) electrons. The SMILES string of the molecule is CNC(C1=C(C)C1)c1ccc(F)cc1C. The molecule has 0 aromatic heterocycles. The van der Waals surface area contributed by atoms with E-state index < -0.39 is 0 Å². The lowest BCUT2D eigenvalue weighted by molar-refractivity contribution is 0.621. The lowest BCUT2D eigenvalue weighted by Gasteiger charge is -2.16. The van der Waals surface area contributed by atoms with Crippen LogP contribution in [0.4, 0.5) is 4.39 Å². The minimum absolute atomic E-state index is 0.160. The lowest BCUT2D eigenvalue weighted by Crippen LogP contribution is -2.16. The highest BCUT2D eigenvalue weighted by atomic mass is 19.1. The number of allylic oxidation sites excluding steroid dienone is 1. The molecule has 1 N–H and O–H groups in total. The van der Waals surface area contributed by atoms with Crippen LogP contribution in [0, 0.1) is 12.7 Å². The second kappa shape index (κ2) is 3.78. The lowest BCUT2D eigenvalue weighted by atomic mass is 9.99. The summed E-state index contributed by atoms with van der Waals surface area (Å²) < 4.78 is 13.0. The summed E-state index contributed by atoms with van der Waals surface area (Å²) >= 11 is 0. The highest BCUT2D eigenvalue weighted by Crippen LogP contribution is 2.41. The van der Waals surface area contributed by atoms with Crippen LogP contribution in [0.3, 0.4) is 0 Å². The van der Waals surface area contributed by atoms with Gasteiger partial charge in [0.25, 0.3) is 0 Å². The van der Waals surface area contributed by atoms with Crippen molar-refractivity contribution in [2.24, 2.45) is 0 Å². The van der Waals surface area contributed by atoms with E-state index in [0.29, 0.717) is 0 Å². The maximum absolute atomic E-state index is 13.0. The van der Waals surface area contributed by atoms with Crippen molar-refractivity contribution in [3.63, 3.8) is 0 Å². The van der Waals surface area contributed by atoms with Crippen LogP contribution in [0.2, 0.25) is 0 Å². The molecular formula is C13H16FN. The molecule has 1 unspecified atom stereocenters. The van der Waals surface area contributed by atoms with Crippen LogP contribution in [0.5, 0.6) is 0 Å². The van der Waals surface area contributed by atoms with Gasteiger partial charge in [0.05, 0.1) is 6.04 Å². The van der Waals surface area contributed by atoms with Crippen molar-refractivity contribution in [1.82, 2.24) is 5.32 Å². The maximum Gasteiger partial charge on any atom is 0.123 e. The van der Waals surface area contributed by atoms with Gasteiger partial charge in [0.2, 0.25) is 0 Å². The number of nitrogens with one attached hydrogen (secondary N) is 1. The van der Waals surface area contributed by atoms with E-state index in [1.54, 1.807) is 6.07 Å². The van der Waals surface area contributed by atoms with Gasteiger partial charge in [-0.15, -0.1) is 0 Å². The third-order valence-electron chi connectivity index (χ3n) is 3.06. The fourth-order valence-corrected chi connectivity index (χ4v) is 2.07. The summed E-state index contributed by atoms with van der Waals surface area (Å²) in [5.41, 5.74) is 5.11. The zero-order valence-electron chi connectivity index (χ0n) is 9.39. The number of likely N-dealkylation sites (N-methyl/N-ethyl adjacent to an activating group) is 1. The Morgan fingerprint density at radius 2 is 2.00 bits per heavy atom. The third kappa shape index (κ3) is 1.95. The molecule has 80 valence electrons. The summed E-state index contributed by atoms with van der Waals surface area (Å²) in [6, 6.07) is 5.28. The molecule has 1 aliphatic rings. The molecule has 2 heteroatoms. The summed E-state index contributed by atoms with van der Waals surface area (Å²) in [5.74, 6) is -0.160. The molecule has 1 atom stereocenters. The van der Waals surface area contributed by atoms with Gasteiger partial charge in [0.1, 0.15) is 5.82 Å². The van der Waals surface area contributed by atoms with Gasteiger partial charge in [0, 0.05) is 0 Å². The van der Waals surface area contributed by atoms with Crippen molar-refractivity contribution in [3.8, 4) is 0 Å². The first-order valence-electron chi connectivity index (χ1n) is 5.25. The van der Waals surface area contributed by atoms with Crippen LogP contribution in [-0.4, -0.2) is 7.05 Å². The van der Waals surface area contributed by atoms with E-state index in [1.807, 2.05) is 20.0 Å². The zero-order chi connectivity index (χ0) is 11.0. The molecular weight excluding hydrogens is 189 g/mol. The van der Waals surface area contributed by atoms with Crippen LogP contribution < -0.4 is 5.32 Å². The van der Waals surface area contributed by atoms with Crippen molar-refractivity contribution in [1.29, 1.82) is 0 Å². The number of halogens is 1. The fourth-order valence-electron chi connectivity index (χ4n) is 2.07. The molecule has 0 heterocycles. The Bertz CT molecular complexity index is 421. The zero-order valence-corrected chi connectivity index (χ0v) is 9.39. The van der Waals surface area contributed by atoms with Crippen molar-refractivity contribution in [2.45, 2.75) is 26.3 Å². The highest BCUT2D eigenvalue weighted by molar-refractivity contribution is 5.45.